The van der Waals surface area contributed by atoms with Gasteiger partial charge in [0.1, 0.15) is 0 Å². The van der Waals surface area contributed by atoms with Gasteiger partial charge in [0, 0.05) is 18.6 Å². The SMILES string of the molecule is COC[C@@H]1CC[C@@H]([C@@H](C)CS(=O)(=O)c2ccccc2)c2cc(C)c(OC)c(OC)c21. The molecule has 5 nitrogen and oxygen atoms in total. The smallest absolute Gasteiger partial charge is 0.178 e. The Labute approximate surface area is 180 Å². The van der Waals surface area contributed by atoms with Gasteiger partial charge < -0.3 is 14.2 Å². The van der Waals surface area contributed by atoms with Gasteiger partial charge in [0.05, 0.1) is 31.5 Å². The number of sulfone groups is 1. The molecule has 0 heterocycles. The Kier molecular flexibility index (Phi) is 7.09. The zero-order chi connectivity index (χ0) is 21.9. The Morgan fingerprint density at radius 2 is 1.70 bits per heavy atom. The lowest BCUT2D eigenvalue weighted by Crippen LogP contribution is -2.27. The Morgan fingerprint density at radius 1 is 1.03 bits per heavy atom. The molecule has 0 radical (unpaired) electrons. The van der Waals surface area contributed by atoms with Gasteiger partial charge in [-0.25, -0.2) is 8.42 Å². The van der Waals surface area contributed by atoms with E-state index in [1.165, 1.54) is 0 Å². The molecule has 0 saturated heterocycles. The number of benzene rings is 2. The highest BCUT2D eigenvalue weighted by atomic mass is 32.2. The highest BCUT2D eigenvalue weighted by molar-refractivity contribution is 7.91. The number of aryl methyl sites for hydroxylation is 1. The first-order chi connectivity index (χ1) is 14.3. The molecule has 0 aliphatic heterocycles. The van der Waals surface area contributed by atoms with Crippen LogP contribution in [0.15, 0.2) is 41.3 Å². The maximum absolute atomic E-state index is 13.0. The molecule has 2 aromatic carbocycles. The van der Waals surface area contributed by atoms with E-state index in [0.29, 0.717) is 11.5 Å². The summed E-state index contributed by atoms with van der Waals surface area (Å²) in [5, 5.41) is 0. The third-order valence-corrected chi connectivity index (χ3v) is 8.13. The fourth-order valence-electron chi connectivity index (χ4n) is 4.82. The Bertz CT molecular complexity index is 969. The number of hydrogen-bond acceptors (Lipinski definition) is 5. The van der Waals surface area contributed by atoms with E-state index in [9.17, 15) is 8.42 Å². The summed E-state index contributed by atoms with van der Waals surface area (Å²) in [6.45, 7) is 4.64. The van der Waals surface area contributed by atoms with Crippen molar-refractivity contribution in [3.8, 4) is 11.5 Å². The number of rotatable bonds is 8. The molecule has 0 aromatic heterocycles. The molecule has 6 heteroatoms. The summed E-state index contributed by atoms with van der Waals surface area (Å²) in [5.74, 6) is 1.90. The Balaban J connectivity index is 2.02. The quantitative estimate of drug-likeness (QED) is 0.603. The predicted molar refractivity (Wildman–Crippen MR) is 119 cm³/mol. The molecule has 0 unspecified atom stereocenters. The predicted octanol–water partition coefficient (Wildman–Crippen LogP) is 4.73. The van der Waals surface area contributed by atoms with Crippen LogP contribution < -0.4 is 9.47 Å². The summed E-state index contributed by atoms with van der Waals surface area (Å²) in [6, 6.07) is 10.9. The second kappa shape index (κ2) is 9.40. The third kappa shape index (κ3) is 4.35. The van der Waals surface area contributed by atoms with Crippen LogP contribution in [0.2, 0.25) is 0 Å². The molecule has 0 amide bonds. The van der Waals surface area contributed by atoms with Gasteiger partial charge in [0.15, 0.2) is 21.3 Å². The summed E-state index contributed by atoms with van der Waals surface area (Å²) in [6.07, 6.45) is 1.84. The summed E-state index contributed by atoms with van der Waals surface area (Å²) in [4.78, 5) is 0.383. The summed E-state index contributed by atoms with van der Waals surface area (Å²) in [5.41, 5.74) is 3.26. The lowest BCUT2D eigenvalue weighted by molar-refractivity contribution is 0.166. The van der Waals surface area contributed by atoms with E-state index in [4.69, 9.17) is 14.2 Å². The van der Waals surface area contributed by atoms with Crippen LogP contribution in [0.1, 0.15) is 48.3 Å². The second-order valence-electron chi connectivity index (χ2n) is 8.17. The van der Waals surface area contributed by atoms with Crippen LogP contribution in [0.3, 0.4) is 0 Å². The molecule has 3 rings (SSSR count). The fraction of sp³-hybridized carbons (Fsp3) is 0.500. The van der Waals surface area contributed by atoms with E-state index in [1.807, 2.05) is 19.9 Å². The van der Waals surface area contributed by atoms with E-state index in [2.05, 4.69) is 6.07 Å². The van der Waals surface area contributed by atoms with Crippen LogP contribution in [0, 0.1) is 12.8 Å². The molecule has 1 aliphatic carbocycles. The highest BCUT2D eigenvalue weighted by Gasteiger charge is 2.36. The molecular weight excluding hydrogens is 400 g/mol. The standard InChI is InChI=1S/C24H32O5S/c1-16-13-21-20(17(2)15-30(25,26)19-9-7-6-8-10-19)12-11-18(14-27-3)22(21)24(29-5)23(16)28-4/h6-10,13,17-18,20H,11-12,14-15H2,1-5H3/t17-,18-,20-/m0/s1. The molecular formula is C24H32O5S. The summed E-state index contributed by atoms with van der Waals surface area (Å²) < 4.78 is 42.9. The monoisotopic (exact) mass is 432 g/mol. The van der Waals surface area contributed by atoms with Gasteiger partial charge in [-0.2, -0.15) is 0 Å². The lowest BCUT2D eigenvalue weighted by Gasteiger charge is -2.36. The van der Waals surface area contributed by atoms with Crippen molar-refractivity contribution in [1.29, 1.82) is 0 Å². The minimum atomic E-state index is -3.35. The highest BCUT2D eigenvalue weighted by Crippen LogP contribution is 2.50. The van der Waals surface area contributed by atoms with E-state index in [0.717, 1.165) is 41.0 Å². The van der Waals surface area contributed by atoms with Crippen molar-refractivity contribution in [2.75, 3.05) is 33.7 Å². The third-order valence-electron chi connectivity index (χ3n) is 6.17. The molecule has 2 aromatic rings. The fourth-order valence-corrected chi connectivity index (χ4v) is 6.51. The van der Waals surface area contributed by atoms with Crippen molar-refractivity contribution >= 4 is 9.84 Å². The van der Waals surface area contributed by atoms with Gasteiger partial charge in [-0.3, -0.25) is 0 Å². The number of methoxy groups -OCH3 is 3. The molecule has 0 N–H and O–H groups in total. The van der Waals surface area contributed by atoms with Crippen LogP contribution >= 0.6 is 0 Å². The van der Waals surface area contributed by atoms with E-state index < -0.39 is 9.84 Å². The number of fused-ring (bicyclic) bond motifs is 1. The van der Waals surface area contributed by atoms with E-state index in [1.54, 1.807) is 45.6 Å². The van der Waals surface area contributed by atoms with Crippen molar-refractivity contribution in [1.82, 2.24) is 0 Å². The molecule has 0 spiro atoms. The van der Waals surface area contributed by atoms with Crippen LogP contribution in [-0.2, 0) is 14.6 Å². The van der Waals surface area contributed by atoms with Crippen molar-refractivity contribution in [3.05, 3.63) is 53.1 Å². The van der Waals surface area contributed by atoms with Gasteiger partial charge in [-0.05, 0) is 54.9 Å². The molecule has 0 bridgehead atoms. The first-order valence-electron chi connectivity index (χ1n) is 10.4. The van der Waals surface area contributed by atoms with Crippen molar-refractivity contribution in [3.63, 3.8) is 0 Å². The van der Waals surface area contributed by atoms with Gasteiger partial charge >= 0.3 is 0 Å². The van der Waals surface area contributed by atoms with Crippen molar-refractivity contribution in [2.24, 2.45) is 5.92 Å². The maximum atomic E-state index is 13.0. The first-order valence-corrected chi connectivity index (χ1v) is 12.0. The average Bonchev–Trinajstić information content (AvgIpc) is 2.73. The molecule has 1 aliphatic rings. The van der Waals surface area contributed by atoms with E-state index in [-0.39, 0.29) is 23.5 Å². The molecule has 0 fully saturated rings. The van der Waals surface area contributed by atoms with Gasteiger partial charge in [0.25, 0.3) is 0 Å². The van der Waals surface area contributed by atoms with Crippen LogP contribution in [0.5, 0.6) is 11.5 Å². The normalized spacial score (nSPS) is 19.8. The lowest BCUT2D eigenvalue weighted by atomic mass is 9.71. The summed E-state index contributed by atoms with van der Waals surface area (Å²) in [7, 11) is 1.66. The number of hydrogen-bond donors (Lipinski definition) is 0. The van der Waals surface area contributed by atoms with E-state index >= 15 is 0 Å². The van der Waals surface area contributed by atoms with Crippen LogP contribution in [0.25, 0.3) is 0 Å². The van der Waals surface area contributed by atoms with Crippen molar-refractivity contribution in [2.45, 2.75) is 43.4 Å². The first kappa shape index (κ1) is 22.6. The second-order valence-corrected chi connectivity index (χ2v) is 10.2. The maximum Gasteiger partial charge on any atom is 0.178 e. The molecule has 0 saturated carbocycles. The topological polar surface area (TPSA) is 61.8 Å². The minimum Gasteiger partial charge on any atom is -0.493 e. The zero-order valence-electron chi connectivity index (χ0n) is 18.5. The van der Waals surface area contributed by atoms with Gasteiger partial charge in [-0.1, -0.05) is 31.2 Å². The van der Waals surface area contributed by atoms with Gasteiger partial charge in [-0.15, -0.1) is 0 Å². The zero-order valence-corrected chi connectivity index (χ0v) is 19.3. The molecule has 3 atom stereocenters. The van der Waals surface area contributed by atoms with Crippen molar-refractivity contribution < 1.29 is 22.6 Å². The number of ether oxygens (including phenoxy) is 3. The molecule has 30 heavy (non-hydrogen) atoms. The molecule has 164 valence electrons. The largest absolute Gasteiger partial charge is 0.493 e. The minimum absolute atomic E-state index is 0.0325. The van der Waals surface area contributed by atoms with Gasteiger partial charge in [0.2, 0.25) is 0 Å². The van der Waals surface area contributed by atoms with Crippen LogP contribution in [0.4, 0.5) is 0 Å². The average molecular weight is 433 g/mol. The van der Waals surface area contributed by atoms with Crippen LogP contribution in [-0.4, -0.2) is 42.1 Å². The summed E-state index contributed by atoms with van der Waals surface area (Å²) >= 11 is 0. The Hall–Kier alpha value is -2.05. The Morgan fingerprint density at radius 3 is 2.30 bits per heavy atom.